The van der Waals surface area contributed by atoms with Gasteiger partial charge in [0.2, 0.25) is 5.95 Å². The van der Waals surface area contributed by atoms with Crippen LogP contribution in [0.3, 0.4) is 0 Å². The van der Waals surface area contributed by atoms with E-state index in [1.54, 1.807) is 0 Å². The number of anilines is 1. The third-order valence-corrected chi connectivity index (χ3v) is 4.53. The number of fused-ring (bicyclic) bond motifs is 1. The summed E-state index contributed by atoms with van der Waals surface area (Å²) < 4.78 is 2.17. The van der Waals surface area contributed by atoms with Crippen LogP contribution in [0.25, 0.3) is 11.0 Å². The average molecular weight is 257 g/mol. The summed E-state index contributed by atoms with van der Waals surface area (Å²) >= 11 is 0. The first-order chi connectivity index (χ1) is 9.15. The first kappa shape index (κ1) is 12.5. The molecule has 0 saturated heterocycles. The van der Waals surface area contributed by atoms with Crippen LogP contribution in [-0.4, -0.2) is 15.6 Å². The minimum Gasteiger partial charge on any atom is -0.353 e. The first-order valence-electron chi connectivity index (χ1n) is 7.33. The first-order valence-corrected chi connectivity index (χ1v) is 7.33. The van der Waals surface area contributed by atoms with Crippen molar-refractivity contribution in [3.63, 3.8) is 0 Å². The summed E-state index contributed by atoms with van der Waals surface area (Å²) in [5.74, 6) is 2.60. The molecule has 0 amide bonds. The van der Waals surface area contributed by atoms with E-state index < -0.39 is 0 Å². The summed E-state index contributed by atoms with van der Waals surface area (Å²) in [5.41, 5.74) is 2.27. The molecule has 3 unspecified atom stereocenters. The van der Waals surface area contributed by atoms with E-state index in [-0.39, 0.29) is 0 Å². The molecule has 1 aliphatic rings. The lowest BCUT2D eigenvalue weighted by molar-refractivity contribution is 0.275. The van der Waals surface area contributed by atoms with E-state index in [2.05, 4.69) is 49.0 Å². The quantitative estimate of drug-likeness (QED) is 0.886. The molecule has 1 N–H and O–H groups in total. The van der Waals surface area contributed by atoms with Crippen LogP contribution in [-0.2, 0) is 7.05 Å². The molecule has 0 bridgehead atoms. The normalized spacial score (nSPS) is 27.6. The van der Waals surface area contributed by atoms with Gasteiger partial charge in [-0.3, -0.25) is 0 Å². The Bertz CT molecular complexity index is 572. The number of benzene rings is 1. The van der Waals surface area contributed by atoms with Crippen LogP contribution < -0.4 is 5.32 Å². The molecule has 19 heavy (non-hydrogen) atoms. The van der Waals surface area contributed by atoms with Gasteiger partial charge >= 0.3 is 0 Å². The molecule has 0 radical (unpaired) electrons. The van der Waals surface area contributed by atoms with Gasteiger partial charge in [-0.1, -0.05) is 26.0 Å². The van der Waals surface area contributed by atoms with Crippen molar-refractivity contribution < 1.29 is 0 Å². The van der Waals surface area contributed by atoms with E-state index in [1.807, 2.05) is 6.07 Å². The molecule has 1 aliphatic carbocycles. The Morgan fingerprint density at radius 1 is 1.21 bits per heavy atom. The number of aryl methyl sites for hydroxylation is 1. The highest BCUT2D eigenvalue weighted by Gasteiger charge is 2.26. The highest BCUT2D eigenvalue weighted by atomic mass is 15.2. The Hall–Kier alpha value is -1.51. The SMILES string of the molecule is CC1CCC(Nc2nc3ccccc3n2C)C(C)C1. The van der Waals surface area contributed by atoms with E-state index >= 15 is 0 Å². The number of para-hydroxylation sites is 2. The molecule has 1 aromatic carbocycles. The van der Waals surface area contributed by atoms with Crippen molar-refractivity contribution in [2.45, 2.75) is 39.2 Å². The average Bonchev–Trinajstić information content (AvgIpc) is 2.70. The van der Waals surface area contributed by atoms with Crippen LogP contribution in [0.15, 0.2) is 24.3 Å². The highest BCUT2D eigenvalue weighted by Crippen LogP contribution is 2.31. The van der Waals surface area contributed by atoms with Crippen molar-refractivity contribution in [2.75, 3.05) is 5.32 Å². The number of hydrogen-bond donors (Lipinski definition) is 1. The zero-order chi connectivity index (χ0) is 13.4. The topological polar surface area (TPSA) is 29.9 Å². The van der Waals surface area contributed by atoms with E-state index in [0.717, 1.165) is 23.3 Å². The molecule has 3 atom stereocenters. The zero-order valence-electron chi connectivity index (χ0n) is 12.1. The Kier molecular flexibility index (Phi) is 3.21. The molecule has 1 aromatic heterocycles. The second-order valence-corrected chi connectivity index (χ2v) is 6.13. The molecule has 102 valence electrons. The van der Waals surface area contributed by atoms with Gasteiger partial charge in [-0.2, -0.15) is 0 Å². The summed E-state index contributed by atoms with van der Waals surface area (Å²) in [4.78, 5) is 4.71. The van der Waals surface area contributed by atoms with E-state index in [1.165, 1.54) is 24.8 Å². The molecule has 0 aliphatic heterocycles. The number of hydrogen-bond acceptors (Lipinski definition) is 2. The van der Waals surface area contributed by atoms with Crippen LogP contribution in [0.1, 0.15) is 33.1 Å². The lowest BCUT2D eigenvalue weighted by Crippen LogP contribution is -2.33. The standard InChI is InChI=1S/C16H23N3/c1-11-8-9-13(12(2)10-11)17-16-18-14-6-4-5-7-15(14)19(16)3/h4-7,11-13H,8-10H2,1-3H3,(H,17,18). The molecular formula is C16H23N3. The fourth-order valence-corrected chi connectivity index (χ4v) is 3.32. The van der Waals surface area contributed by atoms with Gasteiger partial charge in [-0.25, -0.2) is 4.98 Å². The van der Waals surface area contributed by atoms with Gasteiger partial charge in [0, 0.05) is 13.1 Å². The largest absolute Gasteiger partial charge is 0.353 e. The van der Waals surface area contributed by atoms with Gasteiger partial charge in [0.15, 0.2) is 0 Å². The van der Waals surface area contributed by atoms with Gasteiger partial charge in [-0.15, -0.1) is 0 Å². The molecule has 1 fully saturated rings. The third-order valence-electron chi connectivity index (χ3n) is 4.53. The number of rotatable bonds is 2. The van der Waals surface area contributed by atoms with Crippen LogP contribution in [0.4, 0.5) is 5.95 Å². The molecule has 3 heteroatoms. The maximum Gasteiger partial charge on any atom is 0.203 e. The molecule has 2 aromatic rings. The summed E-state index contributed by atoms with van der Waals surface area (Å²) in [6.07, 6.45) is 3.90. The summed E-state index contributed by atoms with van der Waals surface area (Å²) in [7, 11) is 2.09. The zero-order valence-corrected chi connectivity index (χ0v) is 12.1. The summed E-state index contributed by atoms with van der Waals surface area (Å²) in [6.45, 7) is 4.72. The Labute approximate surface area is 115 Å². The van der Waals surface area contributed by atoms with Gasteiger partial charge in [0.1, 0.15) is 0 Å². The van der Waals surface area contributed by atoms with Gasteiger partial charge in [0.25, 0.3) is 0 Å². The number of nitrogens with one attached hydrogen (secondary N) is 1. The minimum absolute atomic E-state index is 0.562. The van der Waals surface area contributed by atoms with Crippen molar-refractivity contribution in [2.24, 2.45) is 18.9 Å². The van der Waals surface area contributed by atoms with Crippen molar-refractivity contribution >= 4 is 17.0 Å². The Morgan fingerprint density at radius 3 is 2.74 bits per heavy atom. The molecular weight excluding hydrogens is 234 g/mol. The number of imidazole rings is 1. The van der Waals surface area contributed by atoms with Crippen LogP contribution in [0.2, 0.25) is 0 Å². The Morgan fingerprint density at radius 2 is 2.00 bits per heavy atom. The van der Waals surface area contributed by atoms with E-state index in [4.69, 9.17) is 4.98 Å². The molecule has 3 nitrogen and oxygen atoms in total. The summed E-state index contributed by atoms with van der Waals surface area (Å²) in [5, 5.41) is 3.66. The smallest absolute Gasteiger partial charge is 0.203 e. The predicted octanol–water partition coefficient (Wildman–Crippen LogP) is 3.81. The number of nitrogens with zero attached hydrogens (tertiary/aromatic N) is 2. The minimum atomic E-state index is 0.562. The van der Waals surface area contributed by atoms with Crippen molar-refractivity contribution in [3.05, 3.63) is 24.3 Å². The molecule has 3 rings (SSSR count). The fourth-order valence-electron chi connectivity index (χ4n) is 3.32. The predicted molar refractivity (Wildman–Crippen MR) is 80.3 cm³/mol. The monoisotopic (exact) mass is 257 g/mol. The second kappa shape index (κ2) is 4.87. The molecule has 1 heterocycles. The second-order valence-electron chi connectivity index (χ2n) is 6.13. The fraction of sp³-hybridized carbons (Fsp3) is 0.562. The van der Waals surface area contributed by atoms with Gasteiger partial charge < -0.3 is 9.88 Å². The van der Waals surface area contributed by atoms with Crippen molar-refractivity contribution in [1.82, 2.24) is 9.55 Å². The van der Waals surface area contributed by atoms with Gasteiger partial charge in [-0.05, 0) is 43.2 Å². The number of aromatic nitrogens is 2. The van der Waals surface area contributed by atoms with E-state index in [0.29, 0.717) is 6.04 Å². The summed E-state index contributed by atoms with van der Waals surface area (Å²) in [6, 6.07) is 8.88. The van der Waals surface area contributed by atoms with Crippen molar-refractivity contribution in [3.8, 4) is 0 Å². The lowest BCUT2D eigenvalue weighted by atomic mass is 9.80. The third kappa shape index (κ3) is 2.34. The van der Waals surface area contributed by atoms with Crippen molar-refractivity contribution in [1.29, 1.82) is 0 Å². The molecule has 1 saturated carbocycles. The van der Waals surface area contributed by atoms with Crippen LogP contribution in [0.5, 0.6) is 0 Å². The van der Waals surface area contributed by atoms with Gasteiger partial charge in [0.05, 0.1) is 11.0 Å². The van der Waals surface area contributed by atoms with Crippen LogP contribution in [0, 0.1) is 11.8 Å². The lowest BCUT2D eigenvalue weighted by Gasteiger charge is -2.33. The molecule has 0 spiro atoms. The van der Waals surface area contributed by atoms with Crippen LogP contribution >= 0.6 is 0 Å². The maximum absolute atomic E-state index is 4.71. The maximum atomic E-state index is 4.71. The Balaban J connectivity index is 1.83. The van der Waals surface area contributed by atoms with E-state index in [9.17, 15) is 0 Å². The highest BCUT2D eigenvalue weighted by molar-refractivity contribution is 5.78.